The lowest BCUT2D eigenvalue weighted by Crippen LogP contribution is -2.17. The van der Waals surface area contributed by atoms with E-state index < -0.39 is 0 Å². The summed E-state index contributed by atoms with van der Waals surface area (Å²) < 4.78 is 0. The lowest BCUT2D eigenvalue weighted by molar-refractivity contribution is 0.124. The van der Waals surface area contributed by atoms with Gasteiger partial charge in [-0.3, -0.25) is 0 Å². The van der Waals surface area contributed by atoms with Crippen molar-refractivity contribution in [3.63, 3.8) is 0 Å². The van der Waals surface area contributed by atoms with Crippen molar-refractivity contribution in [2.75, 3.05) is 27.2 Å². The molecule has 3 nitrogen and oxygen atoms in total. The standard InChI is InChI=1S/C16H32N2O/c1-18(2)14-15-19-17-16-12-10-8-6-4-3-5-7-9-11-13-16/h3-15H2,1-2H3. The van der Waals surface area contributed by atoms with E-state index in [2.05, 4.69) is 24.2 Å². The lowest BCUT2D eigenvalue weighted by Gasteiger charge is -2.11. The molecule has 0 aliphatic heterocycles. The Labute approximate surface area is 119 Å². The summed E-state index contributed by atoms with van der Waals surface area (Å²) in [5.41, 5.74) is 1.29. The number of likely N-dealkylation sites (N-methyl/N-ethyl adjacent to an activating group) is 1. The van der Waals surface area contributed by atoms with Crippen molar-refractivity contribution in [3.8, 4) is 0 Å². The smallest absolute Gasteiger partial charge is 0.129 e. The molecule has 3 heteroatoms. The van der Waals surface area contributed by atoms with Crippen molar-refractivity contribution in [1.29, 1.82) is 0 Å². The van der Waals surface area contributed by atoms with E-state index >= 15 is 0 Å². The Hall–Kier alpha value is -0.570. The minimum absolute atomic E-state index is 0.705. The third-order valence-electron chi connectivity index (χ3n) is 3.75. The molecule has 1 fully saturated rings. The van der Waals surface area contributed by atoms with E-state index in [9.17, 15) is 0 Å². The van der Waals surface area contributed by atoms with Gasteiger partial charge in [0.05, 0.1) is 5.71 Å². The van der Waals surface area contributed by atoms with E-state index in [0.717, 1.165) is 19.4 Å². The quantitative estimate of drug-likeness (QED) is 0.563. The van der Waals surface area contributed by atoms with Gasteiger partial charge in [-0.25, -0.2) is 0 Å². The highest BCUT2D eigenvalue weighted by atomic mass is 16.6. The van der Waals surface area contributed by atoms with Gasteiger partial charge >= 0.3 is 0 Å². The van der Waals surface area contributed by atoms with Crippen LogP contribution in [0.25, 0.3) is 0 Å². The zero-order valence-corrected chi connectivity index (χ0v) is 13.0. The molecular weight excluding hydrogens is 236 g/mol. The molecular formula is C16H32N2O. The molecule has 0 unspecified atom stereocenters. The number of oxime groups is 1. The second-order valence-electron chi connectivity index (χ2n) is 5.98. The molecule has 0 heterocycles. The molecule has 0 spiro atoms. The largest absolute Gasteiger partial charge is 0.394 e. The molecule has 0 radical (unpaired) electrons. The van der Waals surface area contributed by atoms with Crippen LogP contribution in [0.5, 0.6) is 0 Å². The van der Waals surface area contributed by atoms with Crippen LogP contribution in [-0.2, 0) is 4.84 Å². The van der Waals surface area contributed by atoms with E-state index in [1.807, 2.05) is 0 Å². The summed E-state index contributed by atoms with van der Waals surface area (Å²) in [5, 5.41) is 4.37. The Morgan fingerprint density at radius 3 is 1.79 bits per heavy atom. The van der Waals surface area contributed by atoms with E-state index in [4.69, 9.17) is 4.84 Å². The first kappa shape index (κ1) is 16.5. The minimum atomic E-state index is 0.705. The summed E-state index contributed by atoms with van der Waals surface area (Å²) >= 11 is 0. The molecule has 0 atom stereocenters. The van der Waals surface area contributed by atoms with Gasteiger partial charge in [0.1, 0.15) is 6.61 Å². The maximum atomic E-state index is 5.45. The van der Waals surface area contributed by atoms with Gasteiger partial charge in [0.15, 0.2) is 0 Å². The molecule has 0 aromatic carbocycles. The first-order valence-electron chi connectivity index (χ1n) is 8.11. The van der Waals surface area contributed by atoms with Crippen LogP contribution in [0, 0.1) is 0 Å². The Kier molecular flexibility index (Phi) is 9.78. The normalized spacial score (nSPS) is 19.6. The van der Waals surface area contributed by atoms with Gasteiger partial charge in [-0.1, -0.05) is 50.1 Å². The molecule has 0 N–H and O–H groups in total. The number of nitrogens with zero attached hydrogens (tertiary/aromatic N) is 2. The molecule has 0 saturated heterocycles. The fourth-order valence-electron chi connectivity index (χ4n) is 2.47. The molecule has 19 heavy (non-hydrogen) atoms. The van der Waals surface area contributed by atoms with Crippen molar-refractivity contribution in [2.45, 2.75) is 70.6 Å². The lowest BCUT2D eigenvalue weighted by atomic mass is 10.00. The highest BCUT2D eigenvalue weighted by molar-refractivity contribution is 5.83. The van der Waals surface area contributed by atoms with Gasteiger partial charge in [0.2, 0.25) is 0 Å². The molecule has 1 aliphatic rings. The molecule has 112 valence electrons. The first-order chi connectivity index (χ1) is 9.29. The maximum Gasteiger partial charge on any atom is 0.129 e. The predicted molar refractivity (Wildman–Crippen MR) is 82.7 cm³/mol. The van der Waals surface area contributed by atoms with Gasteiger partial charge in [-0.05, 0) is 39.8 Å². The fraction of sp³-hybridized carbons (Fsp3) is 0.938. The molecule has 1 aliphatic carbocycles. The van der Waals surface area contributed by atoms with E-state index in [1.165, 1.54) is 63.5 Å². The Balaban J connectivity index is 2.27. The summed E-state index contributed by atoms with van der Waals surface area (Å²) in [6.45, 7) is 1.65. The van der Waals surface area contributed by atoms with E-state index in [-0.39, 0.29) is 0 Å². The average Bonchev–Trinajstić information content (AvgIpc) is 2.36. The molecule has 1 rings (SSSR count). The summed E-state index contributed by atoms with van der Waals surface area (Å²) in [6, 6.07) is 0. The van der Waals surface area contributed by atoms with Crippen molar-refractivity contribution in [2.24, 2.45) is 5.16 Å². The molecule has 1 saturated carbocycles. The van der Waals surface area contributed by atoms with E-state index in [1.54, 1.807) is 0 Å². The predicted octanol–water partition coefficient (Wildman–Crippen LogP) is 4.23. The van der Waals surface area contributed by atoms with Gasteiger partial charge in [0, 0.05) is 6.54 Å². The van der Waals surface area contributed by atoms with Crippen LogP contribution in [0.4, 0.5) is 0 Å². The van der Waals surface area contributed by atoms with Gasteiger partial charge < -0.3 is 9.74 Å². The topological polar surface area (TPSA) is 24.8 Å². The summed E-state index contributed by atoms with van der Waals surface area (Å²) in [7, 11) is 4.12. The number of hydrogen-bond donors (Lipinski definition) is 0. The molecule has 0 aromatic heterocycles. The minimum Gasteiger partial charge on any atom is -0.394 e. The van der Waals surface area contributed by atoms with Crippen LogP contribution in [0.1, 0.15) is 70.6 Å². The third kappa shape index (κ3) is 9.94. The van der Waals surface area contributed by atoms with Gasteiger partial charge in [-0.2, -0.15) is 0 Å². The Morgan fingerprint density at radius 1 is 0.842 bits per heavy atom. The second-order valence-corrected chi connectivity index (χ2v) is 5.98. The molecule has 0 amide bonds. The molecule has 0 bridgehead atoms. The van der Waals surface area contributed by atoms with Crippen LogP contribution in [0.2, 0.25) is 0 Å². The van der Waals surface area contributed by atoms with Gasteiger partial charge in [0.25, 0.3) is 0 Å². The Morgan fingerprint density at radius 2 is 1.32 bits per heavy atom. The van der Waals surface area contributed by atoms with Crippen LogP contribution in [0.3, 0.4) is 0 Å². The maximum absolute atomic E-state index is 5.45. The van der Waals surface area contributed by atoms with Crippen LogP contribution < -0.4 is 0 Å². The van der Waals surface area contributed by atoms with Crippen LogP contribution >= 0.6 is 0 Å². The third-order valence-corrected chi connectivity index (χ3v) is 3.75. The first-order valence-corrected chi connectivity index (χ1v) is 8.11. The average molecular weight is 268 g/mol. The van der Waals surface area contributed by atoms with Crippen LogP contribution in [-0.4, -0.2) is 37.9 Å². The Bertz CT molecular complexity index is 225. The van der Waals surface area contributed by atoms with Crippen molar-refractivity contribution >= 4 is 5.71 Å². The van der Waals surface area contributed by atoms with Crippen molar-refractivity contribution in [3.05, 3.63) is 0 Å². The van der Waals surface area contributed by atoms with Crippen LogP contribution in [0.15, 0.2) is 5.16 Å². The highest BCUT2D eigenvalue weighted by Gasteiger charge is 2.03. The van der Waals surface area contributed by atoms with E-state index in [0.29, 0.717) is 6.61 Å². The summed E-state index contributed by atoms with van der Waals surface area (Å²) in [5.74, 6) is 0. The second kappa shape index (κ2) is 11.3. The number of rotatable bonds is 4. The van der Waals surface area contributed by atoms with Crippen molar-refractivity contribution < 1.29 is 4.84 Å². The SMILES string of the molecule is CN(C)CCON=C1CCCCCCCCCCC1. The fourth-order valence-corrected chi connectivity index (χ4v) is 2.47. The molecule has 0 aromatic rings. The summed E-state index contributed by atoms with van der Waals surface area (Å²) in [4.78, 5) is 7.58. The highest BCUT2D eigenvalue weighted by Crippen LogP contribution is 2.15. The summed E-state index contributed by atoms with van der Waals surface area (Å²) in [6.07, 6.45) is 14.7. The zero-order chi connectivity index (χ0) is 13.8. The monoisotopic (exact) mass is 268 g/mol. The van der Waals surface area contributed by atoms with Gasteiger partial charge in [-0.15, -0.1) is 0 Å². The zero-order valence-electron chi connectivity index (χ0n) is 13.0. The van der Waals surface area contributed by atoms with Crippen molar-refractivity contribution in [1.82, 2.24) is 4.90 Å². The number of hydrogen-bond acceptors (Lipinski definition) is 3.